The maximum absolute atomic E-state index is 14.8. The van der Waals surface area contributed by atoms with Gasteiger partial charge in [-0.2, -0.15) is 11.8 Å². The summed E-state index contributed by atoms with van der Waals surface area (Å²) < 4.78 is 48.1. The molecule has 1 aromatic heterocycles. The van der Waals surface area contributed by atoms with Crippen LogP contribution < -0.4 is 19.8 Å². The Morgan fingerprint density at radius 3 is 2.68 bits per heavy atom. The van der Waals surface area contributed by atoms with Gasteiger partial charge in [-0.25, -0.2) is 22.3 Å². The second kappa shape index (κ2) is 10.1. The van der Waals surface area contributed by atoms with Crippen LogP contribution in [0.3, 0.4) is 0 Å². The zero-order valence-electron chi connectivity index (χ0n) is 18.7. The number of anilines is 3. The van der Waals surface area contributed by atoms with E-state index in [9.17, 15) is 22.4 Å². The van der Waals surface area contributed by atoms with Crippen molar-refractivity contribution in [3.63, 3.8) is 0 Å². The molecule has 184 valence electrons. The van der Waals surface area contributed by atoms with Crippen molar-refractivity contribution in [1.29, 1.82) is 0 Å². The molecule has 2 N–H and O–H groups in total. The molecule has 2 saturated heterocycles. The van der Waals surface area contributed by atoms with Gasteiger partial charge in [0.15, 0.2) is 0 Å². The molecule has 1 atom stereocenters. The highest BCUT2D eigenvalue weighted by atomic mass is 32.2. The number of nitrogens with one attached hydrogen (secondary N) is 2. The zero-order valence-corrected chi connectivity index (χ0v) is 21.1. The molecule has 0 spiro atoms. The zero-order chi connectivity index (χ0) is 24.5. The third-order valence-electron chi connectivity index (χ3n) is 5.39. The van der Waals surface area contributed by atoms with Gasteiger partial charge in [0.05, 0.1) is 22.9 Å². The molecule has 0 unspecified atom stereocenters. The van der Waals surface area contributed by atoms with Crippen LogP contribution in [-0.2, 0) is 19.6 Å². The van der Waals surface area contributed by atoms with E-state index in [0.29, 0.717) is 21.9 Å². The number of amides is 2. The third kappa shape index (κ3) is 5.48. The number of carbonyl (C=O) groups is 2. The number of carbonyl (C=O) groups excluding carboxylic acids is 2. The Morgan fingerprint density at radius 2 is 2.00 bits per heavy atom. The summed E-state index contributed by atoms with van der Waals surface area (Å²) in [6.07, 6.45) is -1.40. The summed E-state index contributed by atoms with van der Waals surface area (Å²) >= 11 is 2.78. The predicted molar refractivity (Wildman–Crippen MR) is 132 cm³/mol. The number of benzene rings is 1. The second-order valence-electron chi connectivity index (χ2n) is 7.97. The maximum atomic E-state index is 14.8. The highest BCUT2D eigenvalue weighted by Crippen LogP contribution is 2.31. The summed E-state index contributed by atoms with van der Waals surface area (Å²) in [5.41, 5.74) is 1.36. The highest BCUT2D eigenvalue weighted by molar-refractivity contribution is 7.99. The summed E-state index contributed by atoms with van der Waals surface area (Å²) in [4.78, 5) is 26.9. The van der Waals surface area contributed by atoms with E-state index in [-0.39, 0.29) is 23.2 Å². The number of nitrogens with zero attached hydrogens (tertiary/aromatic N) is 2. The molecule has 2 fully saturated rings. The third-order valence-corrected chi connectivity index (χ3v) is 9.54. The Balaban J connectivity index is 1.40. The minimum atomic E-state index is -3.88. The number of thiophene rings is 1. The highest BCUT2D eigenvalue weighted by Gasteiger charge is 2.34. The number of hydrogen-bond acceptors (Lipinski definition) is 8. The summed E-state index contributed by atoms with van der Waals surface area (Å²) in [6, 6.07) is 6.23. The summed E-state index contributed by atoms with van der Waals surface area (Å²) in [6.45, 7) is 4.46. The molecule has 13 heteroatoms. The molecule has 0 radical (unpaired) electrons. The monoisotopic (exact) mass is 528 g/mol. The van der Waals surface area contributed by atoms with Crippen molar-refractivity contribution in [2.24, 2.45) is 0 Å². The largest absolute Gasteiger partial charge is 0.443 e. The quantitative estimate of drug-likeness (QED) is 0.569. The van der Waals surface area contributed by atoms with E-state index >= 15 is 0 Å². The molecule has 9 nitrogen and oxygen atoms in total. The van der Waals surface area contributed by atoms with Crippen LogP contribution in [0.25, 0.3) is 0 Å². The fourth-order valence-corrected chi connectivity index (χ4v) is 7.46. The first kappa shape index (κ1) is 24.8. The average Bonchev–Trinajstić information content (AvgIpc) is 3.34. The van der Waals surface area contributed by atoms with Crippen molar-refractivity contribution in [2.45, 2.75) is 24.2 Å². The van der Waals surface area contributed by atoms with Gasteiger partial charge in [-0.05, 0) is 36.8 Å². The van der Waals surface area contributed by atoms with E-state index < -0.39 is 28.0 Å². The van der Waals surface area contributed by atoms with Crippen LogP contribution in [0.2, 0.25) is 0 Å². The molecule has 1 aromatic carbocycles. The number of sulfonamides is 1. The molecule has 0 aliphatic carbocycles. The number of rotatable bonds is 7. The van der Waals surface area contributed by atoms with Crippen LogP contribution in [0.5, 0.6) is 0 Å². The Labute approximate surface area is 205 Å². The first-order chi connectivity index (χ1) is 16.1. The van der Waals surface area contributed by atoms with Crippen LogP contribution in [0.15, 0.2) is 28.5 Å². The van der Waals surface area contributed by atoms with Gasteiger partial charge in [0, 0.05) is 38.1 Å². The lowest BCUT2D eigenvalue weighted by molar-refractivity contribution is -0.114. The molecule has 4 rings (SSSR count). The lowest BCUT2D eigenvalue weighted by Crippen LogP contribution is -2.34. The second-order valence-corrected chi connectivity index (χ2v) is 12.2. The van der Waals surface area contributed by atoms with E-state index in [4.69, 9.17) is 4.74 Å². The van der Waals surface area contributed by atoms with Gasteiger partial charge in [-0.3, -0.25) is 9.69 Å². The topological polar surface area (TPSA) is 108 Å². The van der Waals surface area contributed by atoms with Crippen molar-refractivity contribution < 1.29 is 27.1 Å². The normalized spacial score (nSPS) is 18.8. The SMILES string of the molecule is CC(=O)Nc1cc(C)c(S(=O)(=O)NC[C@H]2CN(c3ccc(N4CCSCC4)c(F)c3)C(=O)O2)s1. The van der Waals surface area contributed by atoms with Gasteiger partial charge in [0.1, 0.15) is 16.1 Å². The molecule has 34 heavy (non-hydrogen) atoms. The summed E-state index contributed by atoms with van der Waals surface area (Å²) in [5, 5.41) is 3.00. The van der Waals surface area contributed by atoms with Crippen molar-refractivity contribution in [1.82, 2.24) is 4.72 Å². The van der Waals surface area contributed by atoms with E-state index in [1.165, 1.54) is 17.9 Å². The lowest BCUT2D eigenvalue weighted by Gasteiger charge is -2.29. The number of ether oxygens (including phenoxy) is 1. The molecule has 2 aromatic rings. The van der Waals surface area contributed by atoms with Gasteiger partial charge < -0.3 is 15.0 Å². The average molecular weight is 529 g/mol. The number of halogens is 1. The molecule has 0 bridgehead atoms. The minimum absolute atomic E-state index is 0.0752. The molecule has 2 amide bonds. The molecular formula is C21H25FN4O5S3. The smallest absolute Gasteiger partial charge is 0.414 e. The first-order valence-corrected chi connectivity index (χ1v) is 14.1. The first-order valence-electron chi connectivity index (χ1n) is 10.6. The fraction of sp³-hybridized carbons (Fsp3) is 0.429. The molecule has 0 saturated carbocycles. The van der Waals surface area contributed by atoms with E-state index in [1.807, 2.05) is 16.7 Å². The number of hydrogen-bond donors (Lipinski definition) is 2. The molecule has 2 aliphatic rings. The molecule has 3 heterocycles. The minimum Gasteiger partial charge on any atom is -0.443 e. The maximum Gasteiger partial charge on any atom is 0.414 e. The summed E-state index contributed by atoms with van der Waals surface area (Å²) in [5.74, 6) is 1.17. The van der Waals surface area contributed by atoms with Gasteiger partial charge >= 0.3 is 6.09 Å². The molecular weight excluding hydrogens is 503 g/mol. The fourth-order valence-electron chi connectivity index (χ4n) is 3.80. The Hall–Kier alpha value is -2.35. The standard InChI is InChI=1S/C21H25FN4O5S3/c1-13-9-19(24-14(2)27)33-20(13)34(29,30)23-11-16-12-26(21(28)31-16)15-3-4-18(17(22)10-15)25-5-7-32-8-6-25/h3-4,9-10,16,23H,5-8,11-12H2,1-2H3,(H,24,27)/t16-/m0/s1. The van der Waals surface area contributed by atoms with Gasteiger partial charge in [0.2, 0.25) is 5.91 Å². The van der Waals surface area contributed by atoms with Gasteiger partial charge in [0.25, 0.3) is 10.0 Å². The Kier molecular flexibility index (Phi) is 7.36. The Morgan fingerprint density at radius 1 is 1.26 bits per heavy atom. The van der Waals surface area contributed by atoms with Crippen molar-refractivity contribution in [3.8, 4) is 0 Å². The van der Waals surface area contributed by atoms with Crippen molar-refractivity contribution in [2.75, 3.05) is 52.8 Å². The predicted octanol–water partition coefficient (Wildman–Crippen LogP) is 3.01. The van der Waals surface area contributed by atoms with Crippen molar-refractivity contribution in [3.05, 3.63) is 35.6 Å². The van der Waals surface area contributed by atoms with E-state index in [2.05, 4.69) is 10.0 Å². The number of aryl methyl sites for hydroxylation is 1. The van der Waals surface area contributed by atoms with Crippen LogP contribution in [0.1, 0.15) is 12.5 Å². The number of cyclic esters (lactones) is 1. The van der Waals surface area contributed by atoms with Crippen LogP contribution in [0.4, 0.5) is 25.6 Å². The summed E-state index contributed by atoms with van der Waals surface area (Å²) in [7, 11) is -3.88. The lowest BCUT2D eigenvalue weighted by atomic mass is 10.2. The van der Waals surface area contributed by atoms with Crippen molar-refractivity contribution >= 4 is 61.5 Å². The van der Waals surface area contributed by atoms with E-state index in [0.717, 1.165) is 35.9 Å². The van der Waals surface area contributed by atoms with E-state index in [1.54, 1.807) is 25.1 Å². The van der Waals surface area contributed by atoms with Gasteiger partial charge in [-0.1, -0.05) is 0 Å². The Bertz CT molecular complexity index is 1200. The van der Waals surface area contributed by atoms with Gasteiger partial charge in [-0.15, -0.1) is 11.3 Å². The van der Waals surface area contributed by atoms with Crippen LogP contribution >= 0.6 is 23.1 Å². The van der Waals surface area contributed by atoms with Crippen LogP contribution in [0, 0.1) is 12.7 Å². The molecule has 2 aliphatic heterocycles. The number of thioether (sulfide) groups is 1. The van der Waals surface area contributed by atoms with Crippen LogP contribution in [-0.4, -0.2) is 64.2 Å².